The number of nitrogens with two attached hydrogens (primary N) is 1. The predicted octanol–water partition coefficient (Wildman–Crippen LogP) is 2.41. The second-order valence-electron chi connectivity index (χ2n) is 5.24. The van der Waals surface area contributed by atoms with Crippen molar-refractivity contribution < 1.29 is 4.74 Å². The van der Waals surface area contributed by atoms with Gasteiger partial charge in [-0.3, -0.25) is 16.3 Å². The van der Waals surface area contributed by atoms with Crippen molar-refractivity contribution in [2.45, 2.75) is 32.2 Å². The van der Waals surface area contributed by atoms with Crippen LogP contribution in [0.5, 0.6) is 5.75 Å². The van der Waals surface area contributed by atoms with Crippen molar-refractivity contribution in [1.29, 1.82) is 0 Å². The van der Waals surface area contributed by atoms with Crippen molar-refractivity contribution in [1.82, 2.24) is 10.4 Å². The van der Waals surface area contributed by atoms with Crippen LogP contribution in [0.4, 0.5) is 0 Å². The van der Waals surface area contributed by atoms with Crippen LogP contribution in [0.15, 0.2) is 42.6 Å². The molecule has 0 aliphatic carbocycles. The van der Waals surface area contributed by atoms with Gasteiger partial charge in [-0.05, 0) is 49.9 Å². The molecular weight excluding hydrogens is 262 g/mol. The molecule has 0 saturated heterocycles. The Morgan fingerprint density at radius 2 is 2.14 bits per heavy atom. The molecule has 0 saturated carbocycles. The van der Waals surface area contributed by atoms with Crippen LogP contribution in [0.25, 0.3) is 0 Å². The highest BCUT2D eigenvalue weighted by Crippen LogP contribution is 2.22. The molecule has 112 valence electrons. The first-order chi connectivity index (χ1) is 10.2. The molecule has 0 radical (unpaired) electrons. The van der Waals surface area contributed by atoms with Gasteiger partial charge in [0.15, 0.2) is 0 Å². The SMILES string of the molecule is COc1ccc(C)cc1CC(CCc1ccccn1)NN. The van der Waals surface area contributed by atoms with E-state index in [0.717, 1.165) is 30.7 Å². The fraction of sp³-hybridized carbons (Fsp3) is 0.353. The van der Waals surface area contributed by atoms with E-state index in [4.69, 9.17) is 10.6 Å². The number of ether oxygens (including phenoxy) is 1. The van der Waals surface area contributed by atoms with Gasteiger partial charge in [-0.1, -0.05) is 23.8 Å². The molecule has 2 aromatic rings. The van der Waals surface area contributed by atoms with Gasteiger partial charge in [0, 0.05) is 17.9 Å². The Morgan fingerprint density at radius 1 is 1.29 bits per heavy atom. The summed E-state index contributed by atoms with van der Waals surface area (Å²) in [6, 6.07) is 12.4. The van der Waals surface area contributed by atoms with E-state index in [1.54, 1.807) is 7.11 Å². The number of pyridine rings is 1. The first-order valence-corrected chi connectivity index (χ1v) is 7.22. The summed E-state index contributed by atoms with van der Waals surface area (Å²) in [5.41, 5.74) is 6.41. The number of methoxy groups -OCH3 is 1. The van der Waals surface area contributed by atoms with Crippen LogP contribution in [-0.2, 0) is 12.8 Å². The van der Waals surface area contributed by atoms with Crippen molar-refractivity contribution in [3.63, 3.8) is 0 Å². The number of hydrogen-bond donors (Lipinski definition) is 2. The van der Waals surface area contributed by atoms with Crippen molar-refractivity contribution in [3.05, 3.63) is 59.4 Å². The molecule has 0 spiro atoms. The Labute approximate surface area is 126 Å². The van der Waals surface area contributed by atoms with Crippen LogP contribution in [0.2, 0.25) is 0 Å². The molecule has 1 aromatic carbocycles. The quantitative estimate of drug-likeness (QED) is 0.606. The van der Waals surface area contributed by atoms with Crippen LogP contribution in [0.3, 0.4) is 0 Å². The normalized spacial score (nSPS) is 12.1. The van der Waals surface area contributed by atoms with Crippen molar-refractivity contribution >= 4 is 0 Å². The maximum Gasteiger partial charge on any atom is 0.122 e. The van der Waals surface area contributed by atoms with Gasteiger partial charge < -0.3 is 4.74 Å². The standard InChI is InChI=1S/C17H23N3O/c1-13-6-9-17(21-2)14(11-13)12-16(20-18)8-7-15-5-3-4-10-19-15/h3-6,9-11,16,20H,7-8,12,18H2,1-2H3. The maximum absolute atomic E-state index is 5.70. The molecular formula is C17H23N3O. The first kappa shape index (κ1) is 15.5. The molecule has 1 unspecified atom stereocenters. The lowest BCUT2D eigenvalue weighted by molar-refractivity contribution is 0.402. The van der Waals surface area contributed by atoms with Gasteiger partial charge in [-0.15, -0.1) is 0 Å². The number of nitrogens with one attached hydrogen (secondary N) is 1. The zero-order valence-electron chi connectivity index (χ0n) is 12.7. The number of benzene rings is 1. The topological polar surface area (TPSA) is 60.2 Å². The Balaban J connectivity index is 2.00. The number of aryl methyl sites for hydroxylation is 2. The van der Waals surface area contributed by atoms with Crippen molar-refractivity contribution in [2.24, 2.45) is 5.84 Å². The molecule has 1 aromatic heterocycles. The minimum Gasteiger partial charge on any atom is -0.496 e. The molecule has 0 aliphatic rings. The number of aromatic nitrogens is 1. The van der Waals surface area contributed by atoms with E-state index in [9.17, 15) is 0 Å². The number of hydrogen-bond acceptors (Lipinski definition) is 4. The monoisotopic (exact) mass is 285 g/mol. The van der Waals surface area contributed by atoms with E-state index in [2.05, 4.69) is 29.5 Å². The minimum atomic E-state index is 0.197. The van der Waals surface area contributed by atoms with Gasteiger partial charge in [0.1, 0.15) is 5.75 Å². The largest absolute Gasteiger partial charge is 0.496 e. The summed E-state index contributed by atoms with van der Waals surface area (Å²) >= 11 is 0. The Kier molecular flexibility index (Phi) is 5.72. The van der Waals surface area contributed by atoms with Gasteiger partial charge in [-0.25, -0.2) is 0 Å². The highest BCUT2D eigenvalue weighted by Gasteiger charge is 2.12. The van der Waals surface area contributed by atoms with E-state index in [0.29, 0.717) is 0 Å². The van der Waals surface area contributed by atoms with E-state index in [1.807, 2.05) is 30.5 Å². The lowest BCUT2D eigenvalue weighted by Gasteiger charge is -2.18. The molecule has 0 amide bonds. The summed E-state index contributed by atoms with van der Waals surface area (Å²) in [5, 5.41) is 0. The summed E-state index contributed by atoms with van der Waals surface area (Å²) in [5.74, 6) is 6.62. The Hall–Kier alpha value is -1.91. The smallest absolute Gasteiger partial charge is 0.122 e. The van der Waals surface area contributed by atoms with Crippen LogP contribution in [-0.4, -0.2) is 18.1 Å². The van der Waals surface area contributed by atoms with Gasteiger partial charge in [0.05, 0.1) is 7.11 Å². The summed E-state index contributed by atoms with van der Waals surface area (Å²) in [6.07, 6.45) is 4.51. The summed E-state index contributed by atoms with van der Waals surface area (Å²) in [4.78, 5) is 4.35. The highest BCUT2D eigenvalue weighted by atomic mass is 16.5. The van der Waals surface area contributed by atoms with Crippen LogP contribution in [0, 0.1) is 6.92 Å². The molecule has 3 N–H and O–H groups in total. The van der Waals surface area contributed by atoms with Gasteiger partial charge in [-0.2, -0.15) is 0 Å². The zero-order chi connectivity index (χ0) is 15.1. The third-order valence-electron chi connectivity index (χ3n) is 3.61. The molecule has 0 fully saturated rings. The van der Waals surface area contributed by atoms with Crippen LogP contribution >= 0.6 is 0 Å². The van der Waals surface area contributed by atoms with Crippen molar-refractivity contribution in [3.8, 4) is 5.75 Å². The fourth-order valence-electron chi connectivity index (χ4n) is 2.44. The third kappa shape index (κ3) is 4.55. The second-order valence-corrected chi connectivity index (χ2v) is 5.24. The Bertz CT molecular complexity index is 557. The average Bonchev–Trinajstić information content (AvgIpc) is 2.52. The first-order valence-electron chi connectivity index (χ1n) is 7.22. The number of hydrazine groups is 1. The molecule has 4 nitrogen and oxygen atoms in total. The number of nitrogens with zero attached hydrogens (tertiary/aromatic N) is 1. The second kappa shape index (κ2) is 7.76. The summed E-state index contributed by atoms with van der Waals surface area (Å²) in [6.45, 7) is 2.09. The van der Waals surface area contributed by atoms with E-state index >= 15 is 0 Å². The molecule has 0 bridgehead atoms. The van der Waals surface area contributed by atoms with Crippen LogP contribution in [0.1, 0.15) is 23.2 Å². The van der Waals surface area contributed by atoms with E-state index in [1.165, 1.54) is 11.1 Å². The fourth-order valence-corrected chi connectivity index (χ4v) is 2.44. The van der Waals surface area contributed by atoms with Gasteiger partial charge in [0.2, 0.25) is 0 Å². The number of rotatable bonds is 7. The highest BCUT2D eigenvalue weighted by molar-refractivity contribution is 5.37. The molecule has 2 rings (SSSR count). The minimum absolute atomic E-state index is 0.197. The molecule has 1 heterocycles. The predicted molar refractivity (Wildman–Crippen MR) is 85.1 cm³/mol. The lowest BCUT2D eigenvalue weighted by Crippen LogP contribution is -2.37. The third-order valence-corrected chi connectivity index (χ3v) is 3.61. The zero-order valence-corrected chi connectivity index (χ0v) is 12.7. The Morgan fingerprint density at radius 3 is 2.81 bits per heavy atom. The molecule has 21 heavy (non-hydrogen) atoms. The maximum atomic E-state index is 5.70. The van der Waals surface area contributed by atoms with E-state index < -0.39 is 0 Å². The molecule has 4 heteroatoms. The summed E-state index contributed by atoms with van der Waals surface area (Å²) in [7, 11) is 1.70. The van der Waals surface area contributed by atoms with Gasteiger partial charge >= 0.3 is 0 Å². The molecule has 0 aliphatic heterocycles. The van der Waals surface area contributed by atoms with E-state index in [-0.39, 0.29) is 6.04 Å². The molecule has 1 atom stereocenters. The summed E-state index contributed by atoms with van der Waals surface area (Å²) < 4.78 is 5.43. The average molecular weight is 285 g/mol. The van der Waals surface area contributed by atoms with Gasteiger partial charge in [0.25, 0.3) is 0 Å². The lowest BCUT2D eigenvalue weighted by atomic mass is 9.99. The van der Waals surface area contributed by atoms with Crippen molar-refractivity contribution in [2.75, 3.05) is 7.11 Å². The van der Waals surface area contributed by atoms with Crippen LogP contribution < -0.4 is 16.0 Å².